The minimum Gasteiger partial charge on any atom is -0.495 e. The molecule has 1 unspecified atom stereocenters. The van der Waals surface area contributed by atoms with Gasteiger partial charge in [-0.25, -0.2) is 0 Å². The Labute approximate surface area is 125 Å². The van der Waals surface area contributed by atoms with Gasteiger partial charge in [0.1, 0.15) is 11.5 Å². The number of rotatable bonds is 5. The molecule has 1 aromatic carbocycles. The average Bonchev–Trinajstić information content (AvgIpc) is 2.76. The van der Waals surface area contributed by atoms with Crippen LogP contribution in [0.4, 0.5) is 5.69 Å². The quantitative estimate of drug-likeness (QED) is 0.899. The highest BCUT2D eigenvalue weighted by molar-refractivity contribution is 6.32. The van der Waals surface area contributed by atoms with Gasteiger partial charge in [-0.1, -0.05) is 11.6 Å². The van der Waals surface area contributed by atoms with Crippen LogP contribution in [0.25, 0.3) is 0 Å². The summed E-state index contributed by atoms with van der Waals surface area (Å²) < 4.78 is 16.5. The van der Waals surface area contributed by atoms with Crippen molar-refractivity contribution in [1.29, 1.82) is 0 Å². The molecule has 20 heavy (non-hydrogen) atoms. The second-order valence-electron chi connectivity index (χ2n) is 5.61. The van der Waals surface area contributed by atoms with Crippen molar-refractivity contribution in [3.63, 3.8) is 0 Å². The molecular weight excluding hydrogens is 278 g/mol. The summed E-state index contributed by atoms with van der Waals surface area (Å²) in [5.41, 5.74) is 0.833. The number of ether oxygens (including phenoxy) is 3. The van der Waals surface area contributed by atoms with Crippen molar-refractivity contribution < 1.29 is 14.2 Å². The van der Waals surface area contributed by atoms with E-state index in [1.54, 1.807) is 20.3 Å². The molecule has 0 bridgehead atoms. The Hall–Kier alpha value is -1.13. The molecule has 1 fully saturated rings. The Morgan fingerprint density at radius 1 is 1.30 bits per heavy atom. The zero-order valence-corrected chi connectivity index (χ0v) is 13.2. The summed E-state index contributed by atoms with van der Waals surface area (Å²) in [6.45, 7) is 4.98. The second kappa shape index (κ2) is 6.10. The van der Waals surface area contributed by atoms with Crippen molar-refractivity contribution in [3.05, 3.63) is 17.2 Å². The first-order valence-electron chi connectivity index (χ1n) is 6.78. The lowest BCUT2D eigenvalue weighted by atomic mass is 10.1. The normalized spacial score (nSPS) is 20.8. The molecule has 0 aliphatic carbocycles. The molecule has 112 valence electrons. The highest BCUT2D eigenvalue weighted by atomic mass is 35.5. The lowest BCUT2D eigenvalue weighted by Crippen LogP contribution is -2.24. The lowest BCUT2D eigenvalue weighted by Gasteiger charge is -2.20. The van der Waals surface area contributed by atoms with Crippen LogP contribution < -0.4 is 14.8 Å². The van der Waals surface area contributed by atoms with Gasteiger partial charge in [0.15, 0.2) is 0 Å². The topological polar surface area (TPSA) is 39.7 Å². The fourth-order valence-electron chi connectivity index (χ4n) is 2.44. The van der Waals surface area contributed by atoms with E-state index < -0.39 is 0 Å². The molecule has 5 heteroatoms. The van der Waals surface area contributed by atoms with Crippen LogP contribution >= 0.6 is 11.6 Å². The van der Waals surface area contributed by atoms with E-state index in [0.29, 0.717) is 16.5 Å². The average molecular weight is 300 g/mol. The third kappa shape index (κ3) is 3.49. The van der Waals surface area contributed by atoms with Crippen LogP contribution in [0.15, 0.2) is 12.1 Å². The molecule has 0 amide bonds. The third-order valence-electron chi connectivity index (χ3n) is 3.55. The Morgan fingerprint density at radius 3 is 2.55 bits per heavy atom. The maximum absolute atomic E-state index is 6.15. The molecule has 2 rings (SSSR count). The van der Waals surface area contributed by atoms with Crippen LogP contribution in [-0.2, 0) is 4.74 Å². The van der Waals surface area contributed by atoms with Gasteiger partial charge in [-0.2, -0.15) is 0 Å². The van der Waals surface area contributed by atoms with Gasteiger partial charge in [-0.15, -0.1) is 0 Å². The van der Waals surface area contributed by atoms with Crippen LogP contribution in [-0.4, -0.2) is 32.5 Å². The van der Waals surface area contributed by atoms with Crippen molar-refractivity contribution in [3.8, 4) is 11.5 Å². The molecule has 1 saturated heterocycles. The van der Waals surface area contributed by atoms with Gasteiger partial charge in [-0.3, -0.25) is 0 Å². The first-order chi connectivity index (χ1) is 9.45. The summed E-state index contributed by atoms with van der Waals surface area (Å²) in [4.78, 5) is 0. The predicted molar refractivity (Wildman–Crippen MR) is 81.2 cm³/mol. The van der Waals surface area contributed by atoms with Crippen molar-refractivity contribution >= 4 is 17.3 Å². The van der Waals surface area contributed by atoms with Gasteiger partial charge >= 0.3 is 0 Å². The monoisotopic (exact) mass is 299 g/mol. The summed E-state index contributed by atoms with van der Waals surface area (Å²) in [5, 5.41) is 3.90. The molecule has 1 N–H and O–H groups in total. The van der Waals surface area contributed by atoms with Crippen molar-refractivity contribution in [1.82, 2.24) is 0 Å². The van der Waals surface area contributed by atoms with Crippen LogP contribution in [0.2, 0.25) is 5.02 Å². The van der Waals surface area contributed by atoms with Crippen LogP contribution in [0.5, 0.6) is 11.5 Å². The van der Waals surface area contributed by atoms with Crippen molar-refractivity contribution in [2.75, 3.05) is 26.1 Å². The van der Waals surface area contributed by atoms with E-state index in [9.17, 15) is 0 Å². The smallest absolute Gasteiger partial charge is 0.145 e. The molecule has 0 saturated carbocycles. The minimum atomic E-state index is -0.0199. The number of anilines is 1. The Bertz CT molecular complexity index is 476. The van der Waals surface area contributed by atoms with E-state index in [4.69, 9.17) is 25.8 Å². The van der Waals surface area contributed by atoms with Crippen LogP contribution in [0, 0.1) is 0 Å². The number of hydrogen-bond donors (Lipinski definition) is 1. The first-order valence-corrected chi connectivity index (χ1v) is 7.16. The second-order valence-corrected chi connectivity index (χ2v) is 6.01. The van der Waals surface area contributed by atoms with Crippen LogP contribution in [0.1, 0.15) is 26.7 Å². The predicted octanol–water partition coefficient (Wildman–Crippen LogP) is 3.73. The Kier molecular flexibility index (Phi) is 4.66. The maximum Gasteiger partial charge on any atom is 0.145 e. The zero-order valence-electron chi connectivity index (χ0n) is 12.5. The molecule has 1 aliphatic rings. The van der Waals surface area contributed by atoms with E-state index in [1.165, 1.54) is 0 Å². The maximum atomic E-state index is 6.15. The fourth-order valence-corrected chi connectivity index (χ4v) is 2.68. The molecule has 1 heterocycles. The largest absolute Gasteiger partial charge is 0.495 e. The van der Waals surface area contributed by atoms with E-state index in [1.807, 2.05) is 6.07 Å². The van der Waals surface area contributed by atoms with Gasteiger partial charge in [-0.05, 0) is 32.8 Å². The van der Waals surface area contributed by atoms with Crippen LogP contribution in [0.3, 0.4) is 0 Å². The Morgan fingerprint density at radius 2 is 2.00 bits per heavy atom. The third-order valence-corrected chi connectivity index (χ3v) is 3.84. The highest BCUT2D eigenvalue weighted by Gasteiger charge is 2.31. The molecule has 0 aromatic heterocycles. The van der Waals surface area contributed by atoms with Crippen molar-refractivity contribution in [2.24, 2.45) is 0 Å². The highest BCUT2D eigenvalue weighted by Crippen LogP contribution is 2.36. The van der Waals surface area contributed by atoms with Gasteiger partial charge in [0, 0.05) is 12.6 Å². The summed E-state index contributed by atoms with van der Waals surface area (Å²) in [5.74, 6) is 1.32. The van der Waals surface area contributed by atoms with Gasteiger partial charge in [0.2, 0.25) is 0 Å². The number of halogens is 1. The molecule has 1 aliphatic heterocycles. The zero-order chi connectivity index (χ0) is 14.8. The summed E-state index contributed by atoms with van der Waals surface area (Å²) in [6.07, 6.45) is 2.36. The molecule has 1 aromatic rings. The number of hydrogen-bond acceptors (Lipinski definition) is 4. The molecule has 0 spiro atoms. The molecule has 0 radical (unpaired) electrons. The van der Waals surface area contributed by atoms with Gasteiger partial charge in [0.25, 0.3) is 0 Å². The number of nitrogens with one attached hydrogen (secondary N) is 1. The molecule has 1 atom stereocenters. The molecular formula is C15H22ClNO3. The SMILES string of the molecule is COc1cc(OC)c(NCC2CCC(C)(C)O2)cc1Cl. The van der Waals surface area contributed by atoms with Gasteiger partial charge in [0.05, 0.1) is 36.6 Å². The Balaban J connectivity index is 2.04. The van der Waals surface area contributed by atoms with E-state index >= 15 is 0 Å². The summed E-state index contributed by atoms with van der Waals surface area (Å²) >= 11 is 6.15. The standard InChI is InChI=1S/C15H22ClNO3/c1-15(2)6-5-10(20-15)9-17-12-7-11(16)13(18-3)8-14(12)19-4/h7-8,10,17H,5-6,9H2,1-4H3. The van der Waals surface area contributed by atoms with Gasteiger partial charge < -0.3 is 19.5 Å². The van der Waals surface area contributed by atoms with Crippen molar-refractivity contribution in [2.45, 2.75) is 38.4 Å². The fraction of sp³-hybridized carbons (Fsp3) is 0.600. The van der Waals surface area contributed by atoms with E-state index in [0.717, 1.165) is 25.1 Å². The van der Waals surface area contributed by atoms with E-state index in [-0.39, 0.29) is 11.7 Å². The number of methoxy groups -OCH3 is 2. The first kappa shape index (κ1) is 15.3. The summed E-state index contributed by atoms with van der Waals surface area (Å²) in [6, 6.07) is 3.60. The number of benzene rings is 1. The lowest BCUT2D eigenvalue weighted by molar-refractivity contribution is -0.00911. The minimum absolute atomic E-state index is 0.0199. The summed E-state index contributed by atoms with van der Waals surface area (Å²) in [7, 11) is 3.21. The van der Waals surface area contributed by atoms with E-state index in [2.05, 4.69) is 19.2 Å². The molecule has 4 nitrogen and oxygen atoms in total.